The Morgan fingerprint density at radius 2 is 2.14 bits per heavy atom. The molecule has 2 rings (SSSR count). The number of nitrogens with zero attached hydrogens (tertiary/aromatic N) is 4. The first-order valence-electron chi connectivity index (χ1n) is 6.17. The summed E-state index contributed by atoms with van der Waals surface area (Å²) in [4.78, 5) is 26.0. The summed E-state index contributed by atoms with van der Waals surface area (Å²) in [5, 5.41) is 22.4. The maximum Gasteiger partial charge on any atom is 0.342 e. The van der Waals surface area contributed by atoms with Gasteiger partial charge in [-0.15, -0.1) is 0 Å². The van der Waals surface area contributed by atoms with Gasteiger partial charge in [0.25, 0.3) is 5.91 Å². The first-order valence-corrected chi connectivity index (χ1v) is 6.17. The molecular weight excluding hydrogens is 286 g/mol. The van der Waals surface area contributed by atoms with Crippen LogP contribution in [0.4, 0.5) is 11.5 Å². The molecule has 0 saturated carbocycles. The summed E-state index contributed by atoms with van der Waals surface area (Å²) >= 11 is 0. The number of aromatic nitrogens is 2. The Bertz CT molecular complexity index is 787. The third-order valence-corrected chi connectivity index (χ3v) is 2.86. The minimum Gasteiger partial charge on any atom is -0.358 e. The zero-order valence-corrected chi connectivity index (χ0v) is 11.6. The lowest BCUT2D eigenvalue weighted by Gasteiger charge is -2.03. The number of para-hydroxylation sites is 1. The van der Waals surface area contributed by atoms with Crippen molar-refractivity contribution in [3.8, 4) is 6.07 Å². The molecule has 1 heterocycles. The van der Waals surface area contributed by atoms with Crippen molar-refractivity contribution in [3.05, 3.63) is 58.0 Å². The van der Waals surface area contributed by atoms with Crippen LogP contribution in [-0.4, -0.2) is 20.4 Å². The van der Waals surface area contributed by atoms with Crippen LogP contribution < -0.4 is 5.32 Å². The molecule has 0 fully saturated rings. The highest BCUT2D eigenvalue weighted by Gasteiger charge is 2.17. The number of imidazole rings is 1. The van der Waals surface area contributed by atoms with Crippen LogP contribution in [0, 0.1) is 21.4 Å². The zero-order valence-electron chi connectivity index (χ0n) is 11.6. The molecule has 1 N–H and O–H groups in total. The summed E-state index contributed by atoms with van der Waals surface area (Å²) in [6, 6.07) is 10.4. The number of nitrogens with one attached hydrogen (secondary N) is 1. The molecule has 1 aromatic heterocycles. The normalized spacial score (nSPS) is 10.8. The van der Waals surface area contributed by atoms with Gasteiger partial charge in [-0.1, -0.05) is 18.2 Å². The molecule has 22 heavy (non-hydrogen) atoms. The van der Waals surface area contributed by atoms with Crippen LogP contribution in [-0.2, 0) is 11.8 Å². The first-order chi connectivity index (χ1) is 10.5. The Balaban J connectivity index is 2.26. The van der Waals surface area contributed by atoms with E-state index in [-0.39, 0.29) is 17.2 Å². The van der Waals surface area contributed by atoms with Crippen molar-refractivity contribution in [2.24, 2.45) is 7.05 Å². The Morgan fingerprint density at radius 1 is 1.45 bits per heavy atom. The van der Waals surface area contributed by atoms with Crippen molar-refractivity contribution >= 4 is 23.5 Å². The summed E-state index contributed by atoms with van der Waals surface area (Å²) in [6.07, 6.45) is 2.27. The number of amides is 1. The van der Waals surface area contributed by atoms with Crippen molar-refractivity contribution in [3.63, 3.8) is 0 Å². The molecule has 110 valence electrons. The molecule has 8 heteroatoms. The molecule has 0 aliphatic carbocycles. The van der Waals surface area contributed by atoms with E-state index in [1.165, 1.54) is 17.7 Å². The second kappa shape index (κ2) is 6.32. The topological polar surface area (TPSA) is 114 Å². The van der Waals surface area contributed by atoms with E-state index in [2.05, 4.69) is 10.3 Å². The standard InChI is InChI=1S/C14H11N5O3/c1-18-12(16-9-13(18)19(21)22)7-10(8-15)14(20)17-11-5-3-2-4-6-11/h2-7,9H,1H3,(H,17,20)/b10-7+. The number of nitriles is 1. The lowest BCUT2D eigenvalue weighted by atomic mass is 10.2. The minimum absolute atomic E-state index is 0.145. The molecule has 0 atom stereocenters. The van der Waals surface area contributed by atoms with Gasteiger partial charge >= 0.3 is 5.82 Å². The van der Waals surface area contributed by atoms with Crippen molar-refractivity contribution in [1.29, 1.82) is 5.26 Å². The molecular formula is C14H11N5O3. The van der Waals surface area contributed by atoms with E-state index in [1.807, 2.05) is 0 Å². The number of anilines is 1. The zero-order chi connectivity index (χ0) is 16.1. The minimum atomic E-state index is -0.612. The van der Waals surface area contributed by atoms with Gasteiger partial charge in [-0.3, -0.25) is 4.79 Å². The van der Waals surface area contributed by atoms with Crippen LogP contribution in [0.3, 0.4) is 0 Å². The SMILES string of the molecule is Cn1c([N+](=O)[O-])cnc1/C=C(\C#N)C(=O)Nc1ccccc1. The van der Waals surface area contributed by atoms with Gasteiger partial charge in [-0.2, -0.15) is 5.26 Å². The maximum atomic E-state index is 12.0. The average Bonchev–Trinajstić information content (AvgIpc) is 2.86. The first kappa shape index (κ1) is 14.9. The second-order valence-electron chi connectivity index (χ2n) is 4.28. The van der Waals surface area contributed by atoms with Crippen LogP contribution in [0.1, 0.15) is 5.82 Å². The van der Waals surface area contributed by atoms with Crippen molar-refractivity contribution in [2.45, 2.75) is 0 Å². The van der Waals surface area contributed by atoms with Crippen LogP contribution in [0.2, 0.25) is 0 Å². The van der Waals surface area contributed by atoms with Crippen molar-refractivity contribution in [1.82, 2.24) is 9.55 Å². The summed E-state index contributed by atoms with van der Waals surface area (Å²) in [5.74, 6) is -0.696. The Morgan fingerprint density at radius 3 is 2.68 bits per heavy atom. The van der Waals surface area contributed by atoms with Gasteiger partial charge in [-0.05, 0) is 17.1 Å². The van der Waals surface area contributed by atoms with Crippen LogP contribution in [0.25, 0.3) is 6.08 Å². The highest BCUT2D eigenvalue weighted by Crippen LogP contribution is 2.15. The van der Waals surface area contributed by atoms with Crippen molar-refractivity contribution in [2.75, 3.05) is 5.32 Å². The van der Waals surface area contributed by atoms with E-state index in [1.54, 1.807) is 36.4 Å². The number of hydrogen-bond acceptors (Lipinski definition) is 5. The lowest BCUT2D eigenvalue weighted by molar-refractivity contribution is -0.391. The molecule has 0 saturated heterocycles. The van der Waals surface area contributed by atoms with Gasteiger partial charge < -0.3 is 15.4 Å². The summed E-state index contributed by atoms with van der Waals surface area (Å²) < 4.78 is 1.19. The molecule has 0 bridgehead atoms. The molecule has 1 aromatic carbocycles. The Labute approximate surface area is 125 Å². The van der Waals surface area contributed by atoms with Gasteiger partial charge in [-0.25, -0.2) is 9.55 Å². The second-order valence-corrected chi connectivity index (χ2v) is 4.28. The fourth-order valence-corrected chi connectivity index (χ4v) is 1.72. The van der Waals surface area contributed by atoms with Crippen LogP contribution in [0.15, 0.2) is 42.1 Å². The van der Waals surface area contributed by atoms with E-state index in [4.69, 9.17) is 5.26 Å². The fourth-order valence-electron chi connectivity index (χ4n) is 1.72. The third-order valence-electron chi connectivity index (χ3n) is 2.86. The van der Waals surface area contributed by atoms with Gasteiger partial charge in [0.15, 0.2) is 0 Å². The largest absolute Gasteiger partial charge is 0.358 e. The molecule has 0 spiro atoms. The molecule has 8 nitrogen and oxygen atoms in total. The number of nitro groups is 1. The summed E-state index contributed by atoms with van der Waals surface area (Å²) in [6.45, 7) is 0. The Hall–Kier alpha value is -3.47. The molecule has 0 aliphatic rings. The number of carbonyl (C=O) groups excluding carboxylic acids is 1. The maximum absolute atomic E-state index is 12.0. The summed E-state index contributed by atoms with van der Waals surface area (Å²) in [5.41, 5.74) is 0.340. The van der Waals surface area contributed by atoms with Crippen molar-refractivity contribution < 1.29 is 9.72 Å². The number of rotatable bonds is 4. The highest BCUT2D eigenvalue weighted by atomic mass is 16.6. The predicted octanol–water partition coefficient (Wildman–Crippen LogP) is 1.87. The molecule has 1 amide bonds. The van der Waals surface area contributed by atoms with E-state index >= 15 is 0 Å². The van der Waals surface area contributed by atoms with Gasteiger partial charge in [0, 0.05) is 11.8 Å². The number of carbonyl (C=O) groups is 1. The third kappa shape index (κ3) is 3.16. The van der Waals surface area contributed by atoms with E-state index in [0.717, 1.165) is 6.20 Å². The predicted molar refractivity (Wildman–Crippen MR) is 78.5 cm³/mol. The summed E-state index contributed by atoms with van der Waals surface area (Å²) in [7, 11) is 1.43. The average molecular weight is 297 g/mol. The number of hydrogen-bond donors (Lipinski definition) is 1. The highest BCUT2D eigenvalue weighted by molar-refractivity contribution is 6.09. The Kier molecular flexibility index (Phi) is 4.29. The van der Waals surface area contributed by atoms with Gasteiger partial charge in [0.05, 0.1) is 7.05 Å². The molecule has 0 unspecified atom stereocenters. The smallest absolute Gasteiger partial charge is 0.342 e. The molecule has 0 aliphatic heterocycles. The number of benzene rings is 1. The monoisotopic (exact) mass is 297 g/mol. The quantitative estimate of drug-likeness (QED) is 0.400. The van der Waals surface area contributed by atoms with E-state index < -0.39 is 10.8 Å². The molecule has 0 radical (unpaired) electrons. The van der Waals surface area contributed by atoms with Crippen LogP contribution >= 0.6 is 0 Å². The van der Waals surface area contributed by atoms with Crippen LogP contribution in [0.5, 0.6) is 0 Å². The molecule has 2 aromatic rings. The fraction of sp³-hybridized carbons (Fsp3) is 0.0714. The van der Waals surface area contributed by atoms with E-state index in [9.17, 15) is 14.9 Å². The van der Waals surface area contributed by atoms with Gasteiger partial charge in [0.1, 0.15) is 17.8 Å². The van der Waals surface area contributed by atoms with Gasteiger partial charge in [0.2, 0.25) is 5.82 Å². The van der Waals surface area contributed by atoms with E-state index in [0.29, 0.717) is 5.69 Å². The lowest BCUT2D eigenvalue weighted by Crippen LogP contribution is -2.13.